The predicted octanol–water partition coefficient (Wildman–Crippen LogP) is 6.00. The van der Waals surface area contributed by atoms with E-state index in [-0.39, 0.29) is 5.91 Å². The molecule has 156 valence electrons. The third-order valence-corrected chi connectivity index (χ3v) is 5.79. The Kier molecular flexibility index (Phi) is 5.96. The Morgan fingerprint density at radius 1 is 0.968 bits per heavy atom. The smallest absolute Gasteiger partial charge is 0.262 e. The van der Waals surface area contributed by atoms with Crippen LogP contribution in [0.1, 0.15) is 11.1 Å². The van der Waals surface area contributed by atoms with Crippen molar-refractivity contribution < 1.29 is 9.53 Å². The fourth-order valence-electron chi connectivity index (χ4n) is 3.54. The van der Waals surface area contributed by atoms with Gasteiger partial charge in [0, 0.05) is 31.0 Å². The first-order valence-corrected chi connectivity index (χ1v) is 10.7. The van der Waals surface area contributed by atoms with E-state index in [1.807, 2.05) is 104 Å². The molecule has 0 N–H and O–H groups in total. The van der Waals surface area contributed by atoms with Crippen LogP contribution < -0.4 is 14.5 Å². The number of anilines is 2. The van der Waals surface area contributed by atoms with Crippen LogP contribution in [0.4, 0.5) is 11.4 Å². The molecule has 4 nitrogen and oxygen atoms in total. The van der Waals surface area contributed by atoms with E-state index in [1.165, 1.54) is 0 Å². The van der Waals surface area contributed by atoms with Crippen molar-refractivity contribution in [3.05, 3.63) is 100 Å². The number of methoxy groups -OCH3 is 1. The Morgan fingerprint density at radius 3 is 2.29 bits per heavy atom. The largest absolute Gasteiger partial charge is 0.496 e. The van der Waals surface area contributed by atoms with E-state index in [0.717, 1.165) is 38.4 Å². The van der Waals surface area contributed by atoms with E-state index in [4.69, 9.17) is 4.74 Å². The second-order valence-corrected chi connectivity index (χ2v) is 8.29. The predicted molar refractivity (Wildman–Crippen MR) is 131 cm³/mol. The number of hydrogen-bond acceptors (Lipinski definition) is 3. The molecule has 1 aliphatic heterocycles. The first kappa shape index (κ1) is 20.9. The van der Waals surface area contributed by atoms with Crippen molar-refractivity contribution in [1.29, 1.82) is 0 Å². The van der Waals surface area contributed by atoms with Gasteiger partial charge in [-0.1, -0.05) is 36.4 Å². The van der Waals surface area contributed by atoms with Gasteiger partial charge in [-0.15, -0.1) is 0 Å². The number of ether oxygens (including phenoxy) is 1. The summed E-state index contributed by atoms with van der Waals surface area (Å²) in [5, 5.41) is 0. The number of rotatable bonds is 5. The minimum Gasteiger partial charge on any atom is -0.496 e. The second-order valence-electron chi connectivity index (χ2n) is 7.44. The quantitative estimate of drug-likeness (QED) is 0.425. The van der Waals surface area contributed by atoms with Crippen LogP contribution in [-0.4, -0.2) is 27.1 Å². The normalized spacial score (nSPS) is 14.7. The number of amides is 1. The minimum atomic E-state index is -0.0524. The average Bonchev–Trinajstić information content (AvgIpc) is 3.10. The highest BCUT2D eigenvalue weighted by Crippen LogP contribution is 2.36. The van der Waals surface area contributed by atoms with Gasteiger partial charge in [0.15, 0.2) is 0 Å². The molecule has 31 heavy (non-hydrogen) atoms. The lowest BCUT2D eigenvalue weighted by Gasteiger charge is -2.22. The Morgan fingerprint density at radius 2 is 1.68 bits per heavy atom. The lowest BCUT2D eigenvalue weighted by molar-refractivity contribution is -0.113. The number of carbonyl (C=O) groups is 1. The summed E-state index contributed by atoms with van der Waals surface area (Å²) in [5.41, 5.74) is 5.33. The maximum absolute atomic E-state index is 13.5. The summed E-state index contributed by atoms with van der Waals surface area (Å²) >= 11 is 3.52. The molecule has 5 heteroatoms. The van der Waals surface area contributed by atoms with Gasteiger partial charge < -0.3 is 9.64 Å². The van der Waals surface area contributed by atoms with Crippen LogP contribution in [0, 0.1) is 0 Å². The van der Waals surface area contributed by atoms with Gasteiger partial charge in [0.2, 0.25) is 0 Å². The van der Waals surface area contributed by atoms with Crippen molar-refractivity contribution in [2.24, 2.45) is 0 Å². The fourth-order valence-corrected chi connectivity index (χ4v) is 4.10. The molecule has 4 rings (SSSR count). The maximum Gasteiger partial charge on any atom is 0.262 e. The molecule has 3 aromatic carbocycles. The molecule has 0 spiro atoms. The molecular weight excluding hydrogens is 452 g/mol. The molecule has 0 aliphatic carbocycles. The zero-order valence-corrected chi connectivity index (χ0v) is 19.3. The number of hydrogen-bond donors (Lipinski definition) is 0. The van der Waals surface area contributed by atoms with Crippen LogP contribution in [0.5, 0.6) is 5.75 Å². The van der Waals surface area contributed by atoms with Gasteiger partial charge >= 0.3 is 0 Å². The molecule has 0 fully saturated rings. The van der Waals surface area contributed by atoms with E-state index in [1.54, 1.807) is 12.0 Å². The Balaban J connectivity index is 1.77. The number of carbonyl (C=O) groups excluding carboxylic acids is 1. The highest BCUT2D eigenvalue weighted by atomic mass is 79.9. The van der Waals surface area contributed by atoms with Crippen LogP contribution >= 0.6 is 15.9 Å². The molecule has 0 radical (unpaired) electrons. The van der Waals surface area contributed by atoms with Gasteiger partial charge in [0.05, 0.1) is 17.3 Å². The summed E-state index contributed by atoms with van der Waals surface area (Å²) in [7, 11) is 5.63. The van der Waals surface area contributed by atoms with Crippen molar-refractivity contribution in [3.63, 3.8) is 0 Å². The molecule has 0 unspecified atom stereocenters. The van der Waals surface area contributed by atoms with E-state index >= 15 is 0 Å². The van der Waals surface area contributed by atoms with Gasteiger partial charge in [0.1, 0.15) is 5.75 Å². The molecule has 0 saturated heterocycles. The second kappa shape index (κ2) is 8.82. The summed E-state index contributed by atoms with van der Waals surface area (Å²) in [6, 6.07) is 23.8. The topological polar surface area (TPSA) is 32.8 Å². The SMILES string of the molecule is COc1ccc(/C=C2\C=C(c3ccccc3)N(c3ccc(N(C)C)cc3)C2=O)cc1Br. The highest BCUT2D eigenvalue weighted by molar-refractivity contribution is 9.10. The molecule has 0 saturated carbocycles. The zero-order chi connectivity index (χ0) is 22.0. The summed E-state index contributed by atoms with van der Waals surface area (Å²) in [4.78, 5) is 17.3. The van der Waals surface area contributed by atoms with E-state index in [0.29, 0.717) is 5.57 Å². The summed E-state index contributed by atoms with van der Waals surface area (Å²) in [6.45, 7) is 0. The number of halogens is 1. The van der Waals surface area contributed by atoms with E-state index in [9.17, 15) is 4.79 Å². The summed E-state index contributed by atoms with van der Waals surface area (Å²) < 4.78 is 6.15. The summed E-state index contributed by atoms with van der Waals surface area (Å²) in [6.07, 6.45) is 3.86. The van der Waals surface area contributed by atoms with Crippen molar-refractivity contribution in [3.8, 4) is 5.75 Å². The van der Waals surface area contributed by atoms with Gasteiger partial charge in [-0.05, 0) is 75.6 Å². The van der Waals surface area contributed by atoms with Crippen molar-refractivity contribution in [1.82, 2.24) is 0 Å². The monoisotopic (exact) mass is 474 g/mol. The molecule has 0 aromatic heterocycles. The molecule has 0 bridgehead atoms. The van der Waals surface area contributed by atoms with Gasteiger partial charge in [0.25, 0.3) is 5.91 Å². The van der Waals surface area contributed by atoms with Gasteiger partial charge in [-0.3, -0.25) is 9.69 Å². The third kappa shape index (κ3) is 4.28. The Bertz CT molecular complexity index is 1170. The van der Waals surface area contributed by atoms with Crippen LogP contribution in [0.3, 0.4) is 0 Å². The molecule has 1 aliphatic rings. The number of nitrogens with zero attached hydrogens (tertiary/aromatic N) is 2. The van der Waals surface area contributed by atoms with Gasteiger partial charge in [-0.25, -0.2) is 0 Å². The average molecular weight is 475 g/mol. The van der Waals surface area contributed by atoms with Crippen molar-refractivity contribution in [2.45, 2.75) is 0 Å². The first-order chi connectivity index (χ1) is 15.0. The van der Waals surface area contributed by atoms with Crippen LogP contribution in [0.2, 0.25) is 0 Å². The van der Waals surface area contributed by atoms with Crippen molar-refractivity contribution in [2.75, 3.05) is 31.0 Å². The molecular formula is C26H23BrN2O2. The third-order valence-electron chi connectivity index (χ3n) is 5.18. The van der Waals surface area contributed by atoms with Crippen molar-refractivity contribution >= 4 is 45.0 Å². The summed E-state index contributed by atoms with van der Waals surface area (Å²) in [5.74, 6) is 0.700. The van der Waals surface area contributed by atoms with Gasteiger partial charge in [-0.2, -0.15) is 0 Å². The minimum absolute atomic E-state index is 0.0524. The standard InChI is InChI=1S/C26H23BrN2O2/c1-28(2)21-10-12-22(13-11-21)29-24(19-7-5-4-6-8-19)17-20(26(29)30)15-18-9-14-25(31-3)23(27)16-18/h4-17H,1-3H3/b20-15+. The molecule has 3 aromatic rings. The Hall–Kier alpha value is -3.31. The Labute approximate surface area is 191 Å². The molecule has 1 amide bonds. The lowest BCUT2D eigenvalue weighted by Crippen LogP contribution is -2.25. The molecule has 1 heterocycles. The fraction of sp³-hybridized carbons (Fsp3) is 0.115. The maximum atomic E-state index is 13.5. The highest BCUT2D eigenvalue weighted by Gasteiger charge is 2.30. The lowest BCUT2D eigenvalue weighted by atomic mass is 10.1. The van der Waals surface area contributed by atoms with Crippen LogP contribution in [0.15, 0.2) is 88.9 Å². The first-order valence-electron chi connectivity index (χ1n) is 9.92. The molecule has 0 atom stereocenters. The van der Waals surface area contributed by atoms with Crippen LogP contribution in [-0.2, 0) is 4.79 Å². The number of benzene rings is 3. The van der Waals surface area contributed by atoms with E-state index < -0.39 is 0 Å². The zero-order valence-electron chi connectivity index (χ0n) is 17.7. The van der Waals surface area contributed by atoms with E-state index in [2.05, 4.69) is 15.9 Å². The van der Waals surface area contributed by atoms with Crippen LogP contribution in [0.25, 0.3) is 11.8 Å².